The third kappa shape index (κ3) is 2.77. The lowest BCUT2D eigenvalue weighted by Gasteiger charge is -2.39. The van der Waals surface area contributed by atoms with Crippen molar-refractivity contribution in [2.75, 3.05) is 26.7 Å². The molecule has 3 rings (SSSR count). The maximum Gasteiger partial charge on any atom is 0.122 e. The molecule has 2 aliphatic heterocycles. The number of rotatable bonds is 2. The monoisotopic (exact) mass is 261 g/mol. The molecule has 1 saturated heterocycles. The Morgan fingerprint density at radius 3 is 2.84 bits per heavy atom. The number of ether oxygens (including phenoxy) is 1. The van der Waals surface area contributed by atoms with E-state index in [0.29, 0.717) is 5.92 Å². The Balaban J connectivity index is 1.74. The number of para-hydroxylation sites is 1. The Morgan fingerprint density at radius 1 is 1.32 bits per heavy atom. The first kappa shape index (κ1) is 12.9. The van der Waals surface area contributed by atoms with Crippen LogP contribution in [0.3, 0.4) is 0 Å². The van der Waals surface area contributed by atoms with Crippen molar-refractivity contribution < 1.29 is 9.84 Å². The molecule has 3 heteroatoms. The first-order valence-electron chi connectivity index (χ1n) is 7.29. The molecular formula is C16H23NO2. The van der Waals surface area contributed by atoms with Gasteiger partial charge in [0.15, 0.2) is 0 Å². The van der Waals surface area contributed by atoms with Gasteiger partial charge >= 0.3 is 0 Å². The van der Waals surface area contributed by atoms with Gasteiger partial charge in [0.2, 0.25) is 0 Å². The number of nitrogens with zero attached hydrogens (tertiary/aromatic N) is 1. The Labute approximate surface area is 115 Å². The van der Waals surface area contributed by atoms with Gasteiger partial charge in [-0.05, 0) is 50.3 Å². The van der Waals surface area contributed by atoms with E-state index in [1.807, 2.05) is 12.1 Å². The Bertz CT molecular complexity index is 438. The van der Waals surface area contributed by atoms with Crippen LogP contribution in [0.2, 0.25) is 0 Å². The van der Waals surface area contributed by atoms with Crippen molar-refractivity contribution in [3.63, 3.8) is 0 Å². The highest BCUT2D eigenvalue weighted by Gasteiger charge is 2.35. The van der Waals surface area contributed by atoms with Gasteiger partial charge in [0.05, 0.1) is 12.2 Å². The molecule has 0 radical (unpaired) electrons. The second-order valence-electron chi connectivity index (χ2n) is 6.10. The minimum atomic E-state index is -0.484. The van der Waals surface area contributed by atoms with E-state index in [1.165, 1.54) is 5.56 Å². The molecule has 0 saturated carbocycles. The fraction of sp³-hybridized carbons (Fsp3) is 0.625. The molecule has 1 fully saturated rings. The molecule has 1 N–H and O–H groups in total. The SMILES string of the molecule is CN1CCC(O)(CC2CCOc3ccccc32)CC1. The van der Waals surface area contributed by atoms with E-state index in [4.69, 9.17) is 4.74 Å². The summed E-state index contributed by atoms with van der Waals surface area (Å²) in [5, 5.41) is 10.8. The second kappa shape index (κ2) is 5.14. The molecule has 2 aliphatic rings. The molecule has 1 atom stereocenters. The molecule has 0 aromatic heterocycles. The lowest BCUT2D eigenvalue weighted by atomic mass is 9.78. The van der Waals surface area contributed by atoms with Crippen LogP contribution in [0, 0.1) is 0 Å². The van der Waals surface area contributed by atoms with Crippen LogP contribution < -0.4 is 4.74 Å². The van der Waals surface area contributed by atoms with Gasteiger partial charge < -0.3 is 14.7 Å². The standard InChI is InChI=1S/C16H23NO2/c1-17-9-7-16(18,8-10-17)12-13-6-11-19-15-5-3-2-4-14(13)15/h2-5,13,18H,6-12H2,1H3. The molecule has 0 amide bonds. The maximum absolute atomic E-state index is 10.8. The van der Waals surface area contributed by atoms with Crippen LogP contribution in [0.15, 0.2) is 24.3 Å². The minimum absolute atomic E-state index is 0.443. The molecule has 0 bridgehead atoms. The summed E-state index contributed by atoms with van der Waals surface area (Å²) in [5.74, 6) is 1.45. The fourth-order valence-corrected chi connectivity index (χ4v) is 3.33. The quantitative estimate of drug-likeness (QED) is 0.887. The number of benzene rings is 1. The average Bonchev–Trinajstić information content (AvgIpc) is 2.43. The smallest absolute Gasteiger partial charge is 0.122 e. The largest absolute Gasteiger partial charge is 0.493 e. The van der Waals surface area contributed by atoms with E-state index in [0.717, 1.165) is 51.1 Å². The van der Waals surface area contributed by atoms with Crippen LogP contribution in [-0.2, 0) is 0 Å². The van der Waals surface area contributed by atoms with E-state index in [-0.39, 0.29) is 0 Å². The van der Waals surface area contributed by atoms with Crippen LogP contribution in [0.5, 0.6) is 5.75 Å². The predicted molar refractivity (Wildman–Crippen MR) is 75.6 cm³/mol. The van der Waals surface area contributed by atoms with Crippen LogP contribution in [0.1, 0.15) is 37.2 Å². The summed E-state index contributed by atoms with van der Waals surface area (Å²) in [7, 11) is 2.13. The van der Waals surface area contributed by atoms with Crippen molar-refractivity contribution in [3.05, 3.63) is 29.8 Å². The van der Waals surface area contributed by atoms with Crippen LogP contribution in [0.4, 0.5) is 0 Å². The Hall–Kier alpha value is -1.06. The average molecular weight is 261 g/mol. The minimum Gasteiger partial charge on any atom is -0.493 e. The molecular weight excluding hydrogens is 238 g/mol. The molecule has 0 spiro atoms. The van der Waals surface area contributed by atoms with Crippen molar-refractivity contribution >= 4 is 0 Å². The van der Waals surface area contributed by atoms with E-state index in [2.05, 4.69) is 24.1 Å². The van der Waals surface area contributed by atoms with E-state index < -0.39 is 5.60 Å². The summed E-state index contributed by atoms with van der Waals surface area (Å²) in [6, 6.07) is 8.28. The summed E-state index contributed by atoms with van der Waals surface area (Å²) in [6.07, 6.45) is 3.68. The van der Waals surface area contributed by atoms with E-state index >= 15 is 0 Å². The number of hydrogen-bond acceptors (Lipinski definition) is 3. The molecule has 3 nitrogen and oxygen atoms in total. The number of hydrogen-bond donors (Lipinski definition) is 1. The van der Waals surface area contributed by atoms with Crippen molar-refractivity contribution in [2.45, 2.75) is 37.2 Å². The predicted octanol–water partition coefficient (Wildman–Crippen LogP) is 2.40. The highest BCUT2D eigenvalue weighted by molar-refractivity contribution is 5.38. The maximum atomic E-state index is 10.8. The highest BCUT2D eigenvalue weighted by Crippen LogP contribution is 2.40. The fourth-order valence-electron chi connectivity index (χ4n) is 3.33. The summed E-state index contributed by atoms with van der Waals surface area (Å²) < 4.78 is 5.70. The molecule has 104 valence electrons. The summed E-state index contributed by atoms with van der Waals surface area (Å²) >= 11 is 0. The highest BCUT2D eigenvalue weighted by atomic mass is 16.5. The molecule has 2 heterocycles. The lowest BCUT2D eigenvalue weighted by molar-refractivity contribution is -0.0299. The number of fused-ring (bicyclic) bond motifs is 1. The Kier molecular flexibility index (Phi) is 3.50. The van der Waals surface area contributed by atoms with Crippen LogP contribution in [-0.4, -0.2) is 42.4 Å². The number of aliphatic hydroxyl groups is 1. The van der Waals surface area contributed by atoms with Crippen molar-refractivity contribution in [2.24, 2.45) is 0 Å². The van der Waals surface area contributed by atoms with Crippen LogP contribution >= 0.6 is 0 Å². The van der Waals surface area contributed by atoms with E-state index in [1.54, 1.807) is 0 Å². The van der Waals surface area contributed by atoms with Gasteiger partial charge in [-0.3, -0.25) is 0 Å². The van der Waals surface area contributed by atoms with Crippen LogP contribution in [0.25, 0.3) is 0 Å². The summed E-state index contributed by atoms with van der Waals surface area (Å²) in [5.41, 5.74) is 0.794. The van der Waals surface area contributed by atoms with Gasteiger partial charge in [-0.15, -0.1) is 0 Å². The normalized spacial score (nSPS) is 26.5. The third-order valence-corrected chi connectivity index (χ3v) is 4.63. The second-order valence-corrected chi connectivity index (χ2v) is 6.10. The van der Waals surface area contributed by atoms with Gasteiger partial charge in [-0.1, -0.05) is 18.2 Å². The molecule has 1 aromatic rings. The van der Waals surface area contributed by atoms with Gasteiger partial charge in [0.25, 0.3) is 0 Å². The molecule has 1 unspecified atom stereocenters. The zero-order valence-corrected chi connectivity index (χ0v) is 11.6. The zero-order valence-electron chi connectivity index (χ0n) is 11.6. The molecule has 19 heavy (non-hydrogen) atoms. The van der Waals surface area contributed by atoms with Gasteiger partial charge in [0.1, 0.15) is 5.75 Å². The van der Waals surface area contributed by atoms with Crippen molar-refractivity contribution in [1.29, 1.82) is 0 Å². The molecule has 1 aromatic carbocycles. The van der Waals surface area contributed by atoms with Crippen molar-refractivity contribution in [1.82, 2.24) is 4.90 Å². The first-order chi connectivity index (χ1) is 9.16. The topological polar surface area (TPSA) is 32.7 Å². The lowest BCUT2D eigenvalue weighted by Crippen LogP contribution is -2.43. The summed E-state index contributed by atoms with van der Waals surface area (Å²) in [6.45, 7) is 2.78. The van der Waals surface area contributed by atoms with Gasteiger partial charge in [0, 0.05) is 13.1 Å². The third-order valence-electron chi connectivity index (χ3n) is 4.63. The van der Waals surface area contributed by atoms with Gasteiger partial charge in [-0.25, -0.2) is 0 Å². The first-order valence-corrected chi connectivity index (χ1v) is 7.29. The number of likely N-dealkylation sites (tertiary alicyclic amines) is 1. The number of piperidine rings is 1. The zero-order chi connectivity index (χ0) is 13.3. The summed E-state index contributed by atoms with van der Waals surface area (Å²) in [4.78, 5) is 2.30. The van der Waals surface area contributed by atoms with Gasteiger partial charge in [-0.2, -0.15) is 0 Å². The van der Waals surface area contributed by atoms with E-state index in [9.17, 15) is 5.11 Å². The Morgan fingerprint density at radius 2 is 2.05 bits per heavy atom. The van der Waals surface area contributed by atoms with Crippen molar-refractivity contribution in [3.8, 4) is 5.75 Å². The molecule has 0 aliphatic carbocycles.